The highest BCUT2D eigenvalue weighted by molar-refractivity contribution is 7.90. The first kappa shape index (κ1) is 34.7. The molecule has 2 aliphatic rings. The van der Waals surface area contributed by atoms with Gasteiger partial charge >= 0.3 is 6.03 Å². The molecule has 2 unspecified atom stereocenters. The number of anilines is 2. The standard InChI is InChI=1S/C35H39ClFN5O4S/c1-34(2,3)47(46)41-35(16-15-22-7-8-22,24-6-4-5-23(17-24)20-38)25-9-14-29(37)30(18-25)40-32(44)31-19-28(43)21-42(31)33(45)39-27-12-10-26(36)11-13-27/h4-6,9-14,17-18,22,28,31,41,43H,7-8,15-16,19,21H2,1-3H3,(H,39,45)(H,40,44)/t28-,31-,35?,47?/m1/s1. The zero-order valence-corrected chi connectivity index (χ0v) is 28.1. The van der Waals surface area contributed by atoms with E-state index in [4.69, 9.17) is 11.6 Å². The van der Waals surface area contributed by atoms with Gasteiger partial charge in [-0.15, -0.1) is 4.72 Å². The summed E-state index contributed by atoms with van der Waals surface area (Å²) in [5.41, 5.74) is 0.932. The van der Waals surface area contributed by atoms with Crippen LogP contribution in [-0.2, 0) is 21.7 Å². The van der Waals surface area contributed by atoms with Gasteiger partial charge in [0.1, 0.15) is 22.1 Å². The number of nitrogens with one attached hydrogen (secondary N) is 3. The molecule has 12 heteroatoms. The van der Waals surface area contributed by atoms with Crippen molar-refractivity contribution in [2.75, 3.05) is 17.2 Å². The molecule has 3 aromatic carbocycles. The van der Waals surface area contributed by atoms with Gasteiger partial charge in [-0.05, 0) is 99.2 Å². The van der Waals surface area contributed by atoms with Crippen LogP contribution in [0.1, 0.15) is 69.6 Å². The van der Waals surface area contributed by atoms with Crippen molar-refractivity contribution in [3.05, 3.63) is 94.3 Å². The molecule has 1 saturated heterocycles. The second-order valence-electron chi connectivity index (χ2n) is 13.2. The predicted molar refractivity (Wildman–Crippen MR) is 182 cm³/mol. The van der Waals surface area contributed by atoms with Crippen molar-refractivity contribution in [2.45, 2.75) is 75.3 Å². The SMILES string of the molecule is CC(C)(C)[S+]([O-])NC(CCC1CC1)(c1cccc(C#N)c1)c1ccc(F)c(NC(=O)[C@H]2C[C@@H](O)CN2C(=O)Nc2ccc(Cl)cc2)c1. The van der Waals surface area contributed by atoms with E-state index in [-0.39, 0.29) is 18.7 Å². The van der Waals surface area contributed by atoms with Crippen LogP contribution in [0.3, 0.4) is 0 Å². The molecule has 4 atom stereocenters. The molecule has 9 nitrogen and oxygen atoms in total. The molecule has 0 spiro atoms. The van der Waals surface area contributed by atoms with Gasteiger partial charge in [-0.25, -0.2) is 9.18 Å². The number of rotatable bonds is 10. The lowest BCUT2D eigenvalue weighted by molar-refractivity contribution is -0.119. The third kappa shape index (κ3) is 8.26. The summed E-state index contributed by atoms with van der Waals surface area (Å²) in [5.74, 6) is -0.849. The molecule has 3 aromatic rings. The van der Waals surface area contributed by atoms with Crippen molar-refractivity contribution in [2.24, 2.45) is 5.92 Å². The van der Waals surface area contributed by atoms with Crippen molar-refractivity contribution < 1.29 is 23.6 Å². The Morgan fingerprint density at radius 1 is 1.09 bits per heavy atom. The summed E-state index contributed by atoms with van der Waals surface area (Å²) in [4.78, 5) is 28.0. The number of hydrogen-bond donors (Lipinski definition) is 4. The average Bonchev–Trinajstić information content (AvgIpc) is 3.79. The van der Waals surface area contributed by atoms with E-state index in [0.717, 1.165) is 19.3 Å². The van der Waals surface area contributed by atoms with Crippen molar-refractivity contribution in [3.8, 4) is 6.07 Å². The van der Waals surface area contributed by atoms with Crippen molar-refractivity contribution in [1.29, 1.82) is 5.26 Å². The normalized spacial score (nSPS) is 19.8. The number of carbonyl (C=O) groups is 2. The first-order chi connectivity index (χ1) is 22.3. The van der Waals surface area contributed by atoms with Crippen LogP contribution in [0, 0.1) is 23.1 Å². The molecule has 1 saturated carbocycles. The largest absolute Gasteiger partial charge is 0.598 e. The lowest BCUT2D eigenvalue weighted by atomic mass is 9.79. The number of halogens is 2. The molecule has 248 valence electrons. The Morgan fingerprint density at radius 3 is 2.45 bits per heavy atom. The molecular formula is C35H39ClFN5O4S. The smallest absolute Gasteiger partial charge is 0.322 e. The van der Waals surface area contributed by atoms with E-state index in [9.17, 15) is 24.5 Å². The van der Waals surface area contributed by atoms with Crippen LogP contribution in [0.25, 0.3) is 0 Å². The van der Waals surface area contributed by atoms with Crippen molar-refractivity contribution >= 4 is 46.3 Å². The highest BCUT2D eigenvalue weighted by Gasteiger charge is 2.44. The lowest BCUT2D eigenvalue weighted by Gasteiger charge is -2.39. The first-order valence-electron chi connectivity index (χ1n) is 15.6. The van der Waals surface area contributed by atoms with E-state index >= 15 is 4.39 Å². The van der Waals surface area contributed by atoms with Crippen LogP contribution in [0.15, 0.2) is 66.7 Å². The number of hydrogen-bond acceptors (Lipinski definition) is 6. The molecule has 1 heterocycles. The van der Waals surface area contributed by atoms with Gasteiger partial charge in [0.25, 0.3) is 0 Å². The van der Waals surface area contributed by atoms with Gasteiger partial charge < -0.3 is 25.2 Å². The molecule has 0 radical (unpaired) electrons. The van der Waals surface area contributed by atoms with E-state index < -0.39 is 51.5 Å². The topological polar surface area (TPSA) is 141 Å². The maximum atomic E-state index is 15.5. The lowest BCUT2D eigenvalue weighted by Crippen LogP contribution is -2.52. The molecule has 5 rings (SSSR count). The summed E-state index contributed by atoms with van der Waals surface area (Å²) >= 11 is 4.38. The summed E-state index contributed by atoms with van der Waals surface area (Å²) in [6.45, 7) is 5.49. The van der Waals surface area contributed by atoms with Crippen LogP contribution in [0.4, 0.5) is 20.6 Å². The highest BCUT2D eigenvalue weighted by atomic mass is 35.5. The number of amides is 3. The summed E-state index contributed by atoms with van der Waals surface area (Å²) < 4.78 is 31.9. The number of aliphatic hydroxyl groups is 1. The van der Waals surface area contributed by atoms with E-state index in [1.807, 2.05) is 26.8 Å². The fraction of sp³-hybridized carbons (Fsp3) is 0.400. The van der Waals surface area contributed by atoms with Crippen LogP contribution < -0.4 is 15.4 Å². The molecule has 4 N–H and O–H groups in total. The Labute approximate surface area is 282 Å². The van der Waals surface area contributed by atoms with Crippen LogP contribution in [0.5, 0.6) is 0 Å². The zero-order chi connectivity index (χ0) is 33.9. The summed E-state index contributed by atoms with van der Waals surface area (Å²) in [6, 6.07) is 18.4. The first-order valence-corrected chi connectivity index (χ1v) is 17.1. The molecule has 47 heavy (non-hydrogen) atoms. The van der Waals surface area contributed by atoms with Crippen molar-refractivity contribution in [3.63, 3.8) is 0 Å². The molecule has 1 aliphatic carbocycles. The summed E-state index contributed by atoms with van der Waals surface area (Å²) in [7, 11) is 0. The Hall–Kier alpha value is -3.66. The molecular weight excluding hydrogens is 641 g/mol. The number of aliphatic hydroxyl groups excluding tert-OH is 1. The second-order valence-corrected chi connectivity index (χ2v) is 15.6. The highest BCUT2D eigenvalue weighted by Crippen LogP contribution is 2.43. The number of nitrogens with zero attached hydrogens (tertiary/aromatic N) is 2. The van der Waals surface area contributed by atoms with Gasteiger partial charge in [0, 0.05) is 35.0 Å². The van der Waals surface area contributed by atoms with Crippen LogP contribution in [-0.4, -0.2) is 49.9 Å². The Balaban J connectivity index is 1.48. The number of urea groups is 1. The fourth-order valence-electron chi connectivity index (χ4n) is 5.73. The zero-order valence-electron chi connectivity index (χ0n) is 26.6. The molecule has 1 aliphatic heterocycles. The minimum atomic E-state index is -1.57. The van der Waals surface area contributed by atoms with Gasteiger partial charge in [-0.3, -0.25) is 4.79 Å². The maximum absolute atomic E-state index is 15.5. The number of β-amino-alcohol motifs (C(OH)–C–C–N with tert-alkyl or cyclic N) is 1. The molecule has 3 amide bonds. The third-order valence-electron chi connectivity index (χ3n) is 8.59. The van der Waals surface area contributed by atoms with Crippen LogP contribution >= 0.6 is 11.6 Å². The van der Waals surface area contributed by atoms with E-state index in [2.05, 4.69) is 21.4 Å². The minimum Gasteiger partial charge on any atom is -0.598 e. The monoisotopic (exact) mass is 679 g/mol. The average molecular weight is 680 g/mol. The van der Waals surface area contributed by atoms with Gasteiger partial charge in [-0.2, -0.15) is 5.26 Å². The Bertz CT molecular complexity index is 1660. The number of likely N-dealkylation sites (tertiary alicyclic amines) is 1. The van der Waals surface area contributed by atoms with E-state index in [1.165, 1.54) is 17.0 Å². The molecule has 0 aromatic heterocycles. The maximum Gasteiger partial charge on any atom is 0.322 e. The van der Waals surface area contributed by atoms with Gasteiger partial charge in [0.15, 0.2) is 0 Å². The van der Waals surface area contributed by atoms with Gasteiger partial charge in [0.2, 0.25) is 5.91 Å². The predicted octanol–water partition coefficient (Wildman–Crippen LogP) is 6.44. The number of benzene rings is 3. The Kier molecular flexibility index (Phi) is 10.5. The van der Waals surface area contributed by atoms with Crippen molar-refractivity contribution in [1.82, 2.24) is 9.62 Å². The van der Waals surface area contributed by atoms with E-state index in [0.29, 0.717) is 39.7 Å². The molecule has 2 fully saturated rings. The van der Waals surface area contributed by atoms with E-state index in [1.54, 1.807) is 48.5 Å². The minimum absolute atomic E-state index is 0.0282. The third-order valence-corrected chi connectivity index (χ3v) is 10.5. The van der Waals surface area contributed by atoms with Gasteiger partial charge in [-0.1, -0.05) is 42.6 Å². The summed E-state index contributed by atoms with van der Waals surface area (Å²) in [6.07, 6.45) is 2.53. The second kappa shape index (κ2) is 14.2. The van der Waals surface area contributed by atoms with Crippen LogP contribution in [0.2, 0.25) is 5.02 Å². The Morgan fingerprint density at radius 2 is 1.79 bits per heavy atom. The quantitative estimate of drug-likeness (QED) is 0.182. The number of nitriles is 1. The number of carbonyl (C=O) groups excluding carboxylic acids is 2. The summed E-state index contributed by atoms with van der Waals surface area (Å²) in [5, 5.41) is 26.0. The van der Waals surface area contributed by atoms with Gasteiger partial charge in [0.05, 0.1) is 23.4 Å². The fourth-order valence-corrected chi connectivity index (χ4v) is 6.82. The molecule has 0 bridgehead atoms.